The van der Waals surface area contributed by atoms with E-state index in [0.29, 0.717) is 25.6 Å². The van der Waals surface area contributed by atoms with Gasteiger partial charge in [-0.3, -0.25) is 4.79 Å². The molecular formula is C13H24N2O4. The molecule has 1 atom stereocenters. The minimum atomic E-state index is -0.822. The van der Waals surface area contributed by atoms with Gasteiger partial charge in [0.2, 0.25) is 5.91 Å². The average Bonchev–Trinajstić information content (AvgIpc) is 2.38. The maximum atomic E-state index is 11.3. The number of hydrogen-bond donors (Lipinski definition) is 1. The van der Waals surface area contributed by atoms with Crippen molar-refractivity contribution in [2.75, 3.05) is 40.4 Å². The highest BCUT2D eigenvalue weighted by Gasteiger charge is 2.22. The predicted molar refractivity (Wildman–Crippen MR) is 71.1 cm³/mol. The molecule has 2 amide bonds. The van der Waals surface area contributed by atoms with Crippen molar-refractivity contribution in [3.8, 4) is 0 Å². The Morgan fingerprint density at radius 2 is 2.16 bits per heavy atom. The van der Waals surface area contributed by atoms with Crippen molar-refractivity contribution in [3.63, 3.8) is 0 Å². The Kier molecular flexibility index (Phi) is 6.62. The number of piperidine rings is 1. The standard InChI is InChI=1S/C13H24N2O4/c1-14(2)12(16)10-19-8-4-6-11-5-3-7-15(9-11)13(17)18/h11H,3-10H2,1-2H3,(H,17,18). The van der Waals surface area contributed by atoms with E-state index in [1.54, 1.807) is 14.1 Å². The van der Waals surface area contributed by atoms with E-state index in [0.717, 1.165) is 25.7 Å². The number of likely N-dealkylation sites (tertiary alicyclic amines) is 1. The van der Waals surface area contributed by atoms with E-state index in [2.05, 4.69) is 0 Å². The summed E-state index contributed by atoms with van der Waals surface area (Å²) < 4.78 is 5.30. The zero-order chi connectivity index (χ0) is 14.3. The Labute approximate surface area is 114 Å². The highest BCUT2D eigenvalue weighted by Crippen LogP contribution is 2.20. The number of ether oxygens (including phenoxy) is 1. The van der Waals surface area contributed by atoms with Gasteiger partial charge in [-0.2, -0.15) is 0 Å². The minimum absolute atomic E-state index is 0.0327. The van der Waals surface area contributed by atoms with Gasteiger partial charge in [-0.15, -0.1) is 0 Å². The monoisotopic (exact) mass is 272 g/mol. The van der Waals surface area contributed by atoms with Crippen molar-refractivity contribution >= 4 is 12.0 Å². The lowest BCUT2D eigenvalue weighted by Gasteiger charge is -2.30. The van der Waals surface area contributed by atoms with Crippen LogP contribution in [-0.2, 0) is 9.53 Å². The van der Waals surface area contributed by atoms with Crippen LogP contribution in [0.4, 0.5) is 4.79 Å². The van der Waals surface area contributed by atoms with E-state index in [1.165, 1.54) is 9.80 Å². The van der Waals surface area contributed by atoms with E-state index in [-0.39, 0.29) is 12.5 Å². The number of hydrogen-bond acceptors (Lipinski definition) is 3. The summed E-state index contributed by atoms with van der Waals surface area (Å²) in [5.41, 5.74) is 0. The van der Waals surface area contributed by atoms with Gasteiger partial charge in [-0.05, 0) is 31.6 Å². The third kappa shape index (κ3) is 5.92. The average molecular weight is 272 g/mol. The number of likely N-dealkylation sites (N-methyl/N-ethyl adjacent to an activating group) is 1. The quantitative estimate of drug-likeness (QED) is 0.739. The molecule has 19 heavy (non-hydrogen) atoms. The summed E-state index contributed by atoms with van der Waals surface area (Å²) in [5, 5.41) is 8.94. The molecule has 0 aromatic rings. The van der Waals surface area contributed by atoms with Crippen LogP contribution in [-0.4, -0.2) is 67.3 Å². The Morgan fingerprint density at radius 1 is 1.42 bits per heavy atom. The van der Waals surface area contributed by atoms with Crippen LogP contribution in [0.1, 0.15) is 25.7 Å². The van der Waals surface area contributed by atoms with E-state index < -0.39 is 6.09 Å². The van der Waals surface area contributed by atoms with Crippen LogP contribution in [0.25, 0.3) is 0 Å². The van der Waals surface area contributed by atoms with Crippen molar-refractivity contribution < 1.29 is 19.4 Å². The Hall–Kier alpha value is -1.30. The second kappa shape index (κ2) is 7.99. The number of carboxylic acid groups (broad SMARTS) is 1. The first kappa shape index (κ1) is 15.8. The van der Waals surface area contributed by atoms with E-state index in [1.807, 2.05) is 0 Å². The molecule has 0 spiro atoms. The maximum absolute atomic E-state index is 11.3. The smallest absolute Gasteiger partial charge is 0.407 e. The maximum Gasteiger partial charge on any atom is 0.407 e. The Balaban J connectivity index is 2.09. The van der Waals surface area contributed by atoms with Gasteiger partial charge in [-0.25, -0.2) is 4.79 Å². The van der Waals surface area contributed by atoms with Crippen molar-refractivity contribution in [3.05, 3.63) is 0 Å². The van der Waals surface area contributed by atoms with E-state index >= 15 is 0 Å². The minimum Gasteiger partial charge on any atom is -0.465 e. The van der Waals surface area contributed by atoms with Crippen molar-refractivity contribution in [2.45, 2.75) is 25.7 Å². The van der Waals surface area contributed by atoms with Gasteiger partial charge < -0.3 is 19.6 Å². The zero-order valence-electron chi connectivity index (χ0n) is 11.8. The molecular weight excluding hydrogens is 248 g/mol. The van der Waals surface area contributed by atoms with Gasteiger partial charge in [0.15, 0.2) is 0 Å². The molecule has 0 aliphatic carbocycles. The molecule has 0 saturated carbocycles. The number of carbonyl (C=O) groups is 2. The summed E-state index contributed by atoms with van der Waals surface area (Å²) in [6.45, 7) is 1.97. The van der Waals surface area contributed by atoms with Crippen molar-refractivity contribution in [2.24, 2.45) is 5.92 Å². The summed E-state index contributed by atoms with van der Waals surface area (Å²) in [4.78, 5) is 25.1. The molecule has 1 N–H and O–H groups in total. The predicted octanol–water partition coefficient (Wildman–Crippen LogP) is 1.26. The Morgan fingerprint density at radius 3 is 2.79 bits per heavy atom. The molecule has 1 heterocycles. The molecule has 6 heteroatoms. The van der Waals surface area contributed by atoms with Crippen LogP contribution in [0.5, 0.6) is 0 Å². The highest BCUT2D eigenvalue weighted by atomic mass is 16.5. The number of nitrogens with zero attached hydrogens (tertiary/aromatic N) is 2. The van der Waals surface area contributed by atoms with Gasteiger partial charge in [-0.1, -0.05) is 0 Å². The van der Waals surface area contributed by atoms with Gasteiger partial charge >= 0.3 is 6.09 Å². The molecule has 1 aliphatic rings. The van der Waals surface area contributed by atoms with Gasteiger partial charge in [0.1, 0.15) is 6.61 Å². The fourth-order valence-electron chi connectivity index (χ4n) is 2.24. The molecule has 1 fully saturated rings. The largest absolute Gasteiger partial charge is 0.465 e. The van der Waals surface area contributed by atoms with Crippen LogP contribution in [0.3, 0.4) is 0 Å². The summed E-state index contributed by atoms with van der Waals surface area (Å²) in [6.07, 6.45) is 3.04. The SMILES string of the molecule is CN(C)C(=O)COCCCC1CCCN(C(=O)O)C1. The molecule has 1 rings (SSSR count). The van der Waals surface area contributed by atoms with Crippen molar-refractivity contribution in [1.82, 2.24) is 9.80 Å². The summed E-state index contributed by atoms with van der Waals surface area (Å²) in [6, 6.07) is 0. The van der Waals surface area contributed by atoms with Crippen LogP contribution in [0, 0.1) is 5.92 Å². The fourth-order valence-corrected chi connectivity index (χ4v) is 2.24. The highest BCUT2D eigenvalue weighted by molar-refractivity contribution is 5.76. The summed E-state index contributed by atoms with van der Waals surface area (Å²) >= 11 is 0. The van der Waals surface area contributed by atoms with Crippen LogP contribution >= 0.6 is 0 Å². The molecule has 0 bridgehead atoms. The lowest BCUT2D eigenvalue weighted by atomic mass is 9.94. The second-order valence-corrected chi connectivity index (χ2v) is 5.22. The summed E-state index contributed by atoms with van der Waals surface area (Å²) in [7, 11) is 3.41. The Bertz CT molecular complexity index is 307. The van der Waals surface area contributed by atoms with E-state index in [4.69, 9.17) is 9.84 Å². The van der Waals surface area contributed by atoms with Gasteiger partial charge in [0, 0.05) is 33.8 Å². The second-order valence-electron chi connectivity index (χ2n) is 5.22. The van der Waals surface area contributed by atoms with E-state index in [9.17, 15) is 9.59 Å². The van der Waals surface area contributed by atoms with Gasteiger partial charge in [0.25, 0.3) is 0 Å². The third-order valence-electron chi connectivity index (χ3n) is 3.41. The van der Waals surface area contributed by atoms with Crippen LogP contribution in [0.2, 0.25) is 0 Å². The molecule has 6 nitrogen and oxygen atoms in total. The first-order valence-corrected chi connectivity index (χ1v) is 6.76. The van der Waals surface area contributed by atoms with Crippen LogP contribution in [0.15, 0.2) is 0 Å². The van der Waals surface area contributed by atoms with Crippen LogP contribution < -0.4 is 0 Å². The molecule has 110 valence electrons. The molecule has 1 saturated heterocycles. The normalized spacial score (nSPS) is 19.3. The summed E-state index contributed by atoms with van der Waals surface area (Å²) in [5.74, 6) is 0.396. The topological polar surface area (TPSA) is 70.1 Å². The first-order valence-electron chi connectivity index (χ1n) is 6.76. The third-order valence-corrected chi connectivity index (χ3v) is 3.41. The van der Waals surface area contributed by atoms with Crippen molar-refractivity contribution in [1.29, 1.82) is 0 Å². The van der Waals surface area contributed by atoms with Gasteiger partial charge in [0.05, 0.1) is 0 Å². The zero-order valence-corrected chi connectivity index (χ0v) is 11.8. The lowest BCUT2D eigenvalue weighted by molar-refractivity contribution is -0.133. The number of rotatable bonds is 6. The molecule has 1 aliphatic heterocycles. The molecule has 0 aromatic carbocycles. The molecule has 1 unspecified atom stereocenters. The first-order chi connectivity index (χ1) is 9.00. The molecule has 0 aromatic heterocycles. The lowest BCUT2D eigenvalue weighted by Crippen LogP contribution is -2.39. The number of carbonyl (C=O) groups excluding carboxylic acids is 1. The fraction of sp³-hybridized carbons (Fsp3) is 0.846. The molecule has 0 radical (unpaired) electrons. The number of amides is 2.